The van der Waals surface area contributed by atoms with Crippen LogP contribution in [0.3, 0.4) is 0 Å². The fourth-order valence-electron chi connectivity index (χ4n) is 8.97. The minimum absolute atomic E-state index is 0.137. The Hall–Kier alpha value is -6.58. The minimum Gasteiger partial charge on any atom is -0.453 e. The molecule has 2 heterocycles. The van der Waals surface area contributed by atoms with Gasteiger partial charge in [0.05, 0.1) is 22.4 Å². The molecule has 0 amide bonds. The summed E-state index contributed by atoms with van der Waals surface area (Å²) in [5.41, 5.74) is 13.6. The Balaban J connectivity index is 1.26. The highest BCUT2D eigenvalue weighted by Crippen LogP contribution is 2.55. The number of furan rings is 1. The normalized spacial score (nSPS) is 13.3. The summed E-state index contributed by atoms with van der Waals surface area (Å²) in [5, 5.41) is 6.99. The van der Waals surface area contributed by atoms with Crippen molar-refractivity contribution in [1.82, 2.24) is 4.57 Å². The highest BCUT2D eigenvalue weighted by atomic mass is 16.3. The van der Waals surface area contributed by atoms with Crippen molar-refractivity contribution in [3.8, 4) is 16.8 Å². The van der Waals surface area contributed by atoms with E-state index in [1.807, 2.05) is 0 Å². The number of fused-ring (bicyclic) bond motifs is 11. The summed E-state index contributed by atoms with van der Waals surface area (Å²) in [6, 6.07) is 61.6. The van der Waals surface area contributed by atoms with Gasteiger partial charge < -0.3 is 13.9 Å². The van der Waals surface area contributed by atoms with Gasteiger partial charge in [-0.05, 0) is 70.6 Å². The lowest BCUT2D eigenvalue weighted by Crippen LogP contribution is -2.16. The van der Waals surface area contributed by atoms with Crippen LogP contribution >= 0.6 is 0 Å². The Morgan fingerprint density at radius 3 is 2.04 bits per heavy atom. The molecule has 0 saturated carbocycles. The van der Waals surface area contributed by atoms with Crippen LogP contribution < -0.4 is 4.90 Å². The van der Waals surface area contributed by atoms with Crippen LogP contribution in [-0.4, -0.2) is 4.57 Å². The van der Waals surface area contributed by atoms with Crippen molar-refractivity contribution in [2.45, 2.75) is 19.3 Å². The molecule has 52 heavy (non-hydrogen) atoms. The maximum absolute atomic E-state index is 7.03. The van der Waals surface area contributed by atoms with E-state index in [9.17, 15) is 0 Å². The number of hydrogen-bond acceptors (Lipinski definition) is 2. The summed E-state index contributed by atoms with van der Waals surface area (Å²) in [6.45, 7) is 4.70. The number of nitrogens with zero attached hydrogens (tertiary/aromatic N) is 2. The minimum atomic E-state index is -0.137. The number of benzene rings is 8. The van der Waals surface area contributed by atoms with Crippen LogP contribution in [0.25, 0.3) is 71.3 Å². The third-order valence-corrected chi connectivity index (χ3v) is 11.4. The molecule has 2 aromatic heterocycles. The van der Waals surface area contributed by atoms with E-state index < -0.39 is 0 Å². The van der Waals surface area contributed by atoms with Crippen molar-refractivity contribution in [2.24, 2.45) is 0 Å². The lowest BCUT2D eigenvalue weighted by molar-refractivity contribution is 0.660. The fraction of sp³-hybridized carbons (Fsp3) is 0.0612. The molecule has 0 fully saturated rings. The topological polar surface area (TPSA) is 21.3 Å². The molecule has 3 nitrogen and oxygen atoms in total. The SMILES string of the molecule is CC1(C)c2ccccc2-c2c(N(c3ccc4c5ccccc5n(-c5ccccc5)c4c3)c3cccc4c3oc3c5ccccc5ccc43)cccc21. The maximum Gasteiger partial charge on any atom is 0.159 e. The van der Waals surface area contributed by atoms with Crippen LogP contribution in [0.4, 0.5) is 17.1 Å². The standard InChI is InChI=1S/C49H34N2O/c1-49(2)40-21-10-8-19-39(40)46-41(49)22-13-24-43(46)51(44-25-12-20-37-38-28-26-31-14-6-7-17-34(31)47(38)52-48(37)44)33-27-29-36-35-18-9-11-23-42(35)50(45(36)30-33)32-15-4-3-5-16-32/h3-30H,1-2H3. The van der Waals surface area contributed by atoms with E-state index >= 15 is 0 Å². The van der Waals surface area contributed by atoms with Crippen molar-refractivity contribution in [1.29, 1.82) is 0 Å². The first kappa shape index (κ1) is 29.2. The molecule has 0 radical (unpaired) electrons. The van der Waals surface area contributed by atoms with Gasteiger partial charge in [0, 0.05) is 49.3 Å². The second kappa shape index (κ2) is 10.7. The van der Waals surface area contributed by atoms with Gasteiger partial charge in [0.25, 0.3) is 0 Å². The lowest BCUT2D eigenvalue weighted by Gasteiger charge is -2.29. The van der Waals surface area contributed by atoms with Gasteiger partial charge in [-0.2, -0.15) is 0 Å². The predicted octanol–water partition coefficient (Wildman–Crippen LogP) is 13.6. The molecule has 10 aromatic rings. The van der Waals surface area contributed by atoms with Crippen molar-refractivity contribution < 1.29 is 4.42 Å². The molecule has 0 aliphatic heterocycles. The average molecular weight is 667 g/mol. The summed E-state index contributed by atoms with van der Waals surface area (Å²) < 4.78 is 9.43. The average Bonchev–Trinajstić information content (AvgIpc) is 3.82. The Bertz CT molecular complexity index is 3050. The Labute approximate surface area is 301 Å². The van der Waals surface area contributed by atoms with E-state index in [2.05, 4.69) is 193 Å². The zero-order chi connectivity index (χ0) is 34.6. The highest BCUT2D eigenvalue weighted by Gasteiger charge is 2.38. The van der Waals surface area contributed by atoms with Gasteiger partial charge in [-0.25, -0.2) is 0 Å². The molecule has 8 aromatic carbocycles. The molecule has 1 aliphatic rings. The third-order valence-electron chi connectivity index (χ3n) is 11.4. The molecule has 11 rings (SSSR count). The van der Waals surface area contributed by atoms with E-state index in [1.165, 1.54) is 43.9 Å². The maximum atomic E-state index is 7.03. The first-order valence-corrected chi connectivity index (χ1v) is 18.0. The quantitative estimate of drug-likeness (QED) is 0.186. The Kier molecular flexibility index (Phi) is 6.01. The van der Waals surface area contributed by atoms with Crippen LogP contribution in [0.15, 0.2) is 174 Å². The van der Waals surface area contributed by atoms with Crippen molar-refractivity contribution in [3.63, 3.8) is 0 Å². The molecule has 3 heteroatoms. The van der Waals surface area contributed by atoms with E-state index in [1.54, 1.807) is 0 Å². The fourth-order valence-corrected chi connectivity index (χ4v) is 8.97. The van der Waals surface area contributed by atoms with Crippen LogP contribution in [-0.2, 0) is 5.41 Å². The van der Waals surface area contributed by atoms with Crippen LogP contribution in [0, 0.1) is 0 Å². The summed E-state index contributed by atoms with van der Waals surface area (Å²) in [4.78, 5) is 2.44. The highest BCUT2D eigenvalue weighted by molar-refractivity contribution is 6.18. The van der Waals surface area contributed by atoms with Crippen LogP contribution in [0.1, 0.15) is 25.0 Å². The van der Waals surface area contributed by atoms with Gasteiger partial charge >= 0.3 is 0 Å². The molecule has 0 saturated heterocycles. The molecule has 0 bridgehead atoms. The monoisotopic (exact) mass is 666 g/mol. The molecule has 246 valence electrons. The summed E-state index contributed by atoms with van der Waals surface area (Å²) in [6.07, 6.45) is 0. The van der Waals surface area contributed by atoms with Crippen molar-refractivity contribution >= 4 is 71.6 Å². The van der Waals surface area contributed by atoms with Crippen LogP contribution in [0.2, 0.25) is 0 Å². The number of aromatic nitrogens is 1. The molecule has 1 aliphatic carbocycles. The van der Waals surface area contributed by atoms with E-state index in [0.717, 1.165) is 55.6 Å². The van der Waals surface area contributed by atoms with E-state index in [-0.39, 0.29) is 5.41 Å². The first-order chi connectivity index (χ1) is 25.6. The molecule has 0 N–H and O–H groups in total. The lowest BCUT2D eigenvalue weighted by atomic mass is 9.82. The van der Waals surface area contributed by atoms with Crippen LogP contribution in [0.5, 0.6) is 0 Å². The molecular formula is C49H34N2O. The number of para-hydroxylation sites is 3. The van der Waals surface area contributed by atoms with Gasteiger partial charge in [0.1, 0.15) is 5.58 Å². The number of anilines is 3. The Morgan fingerprint density at radius 2 is 1.13 bits per heavy atom. The van der Waals surface area contributed by atoms with Crippen molar-refractivity contribution in [2.75, 3.05) is 4.90 Å². The smallest absolute Gasteiger partial charge is 0.159 e. The van der Waals surface area contributed by atoms with E-state index in [4.69, 9.17) is 4.42 Å². The second-order valence-corrected chi connectivity index (χ2v) is 14.5. The summed E-state index contributed by atoms with van der Waals surface area (Å²) >= 11 is 0. The molecule has 0 unspecified atom stereocenters. The predicted molar refractivity (Wildman–Crippen MR) is 218 cm³/mol. The largest absolute Gasteiger partial charge is 0.453 e. The van der Waals surface area contributed by atoms with Gasteiger partial charge in [0.15, 0.2) is 5.58 Å². The Morgan fingerprint density at radius 1 is 0.481 bits per heavy atom. The van der Waals surface area contributed by atoms with Crippen molar-refractivity contribution in [3.05, 3.63) is 181 Å². The van der Waals surface area contributed by atoms with Gasteiger partial charge in [-0.1, -0.05) is 135 Å². The molecule has 0 atom stereocenters. The molecular weight excluding hydrogens is 633 g/mol. The molecule has 0 spiro atoms. The third kappa shape index (κ3) is 3.96. The van der Waals surface area contributed by atoms with Gasteiger partial charge in [0.2, 0.25) is 0 Å². The summed E-state index contributed by atoms with van der Waals surface area (Å²) in [5.74, 6) is 0. The zero-order valence-electron chi connectivity index (χ0n) is 29.0. The van der Waals surface area contributed by atoms with Gasteiger partial charge in [-0.15, -0.1) is 0 Å². The second-order valence-electron chi connectivity index (χ2n) is 14.5. The summed E-state index contributed by atoms with van der Waals surface area (Å²) in [7, 11) is 0. The van der Waals surface area contributed by atoms with Gasteiger partial charge in [-0.3, -0.25) is 0 Å². The number of rotatable bonds is 4. The zero-order valence-corrected chi connectivity index (χ0v) is 29.0. The van der Waals surface area contributed by atoms with E-state index in [0.29, 0.717) is 0 Å². The first-order valence-electron chi connectivity index (χ1n) is 18.0. The number of hydrogen-bond donors (Lipinski definition) is 0.